The number of hydrogen-bond acceptors (Lipinski definition) is 2. The molecule has 28 heavy (non-hydrogen) atoms. The normalized spacial score (nSPS) is 12.9. The number of rotatable bonds is 4. The number of benzene rings is 4. The van der Waals surface area contributed by atoms with E-state index in [0.717, 1.165) is 38.6 Å². The average molecular weight is 367 g/mol. The third kappa shape index (κ3) is 3.22. The van der Waals surface area contributed by atoms with Crippen LogP contribution in [0.25, 0.3) is 10.8 Å². The SMILES string of the molecule is Cc1ccc(C(O)(c2ccc(C)cc2)[C@H](N)c2ccc3ccccc3c2)cc1. The van der Waals surface area contributed by atoms with Gasteiger partial charge in [-0.15, -0.1) is 0 Å². The zero-order chi connectivity index (χ0) is 19.7. The summed E-state index contributed by atoms with van der Waals surface area (Å²) >= 11 is 0. The summed E-state index contributed by atoms with van der Waals surface area (Å²) in [6.07, 6.45) is 0. The van der Waals surface area contributed by atoms with Crippen molar-refractivity contribution < 1.29 is 5.11 Å². The number of fused-ring (bicyclic) bond motifs is 1. The summed E-state index contributed by atoms with van der Waals surface area (Å²) in [6, 6.07) is 29.7. The lowest BCUT2D eigenvalue weighted by Gasteiger charge is -2.35. The molecule has 0 saturated heterocycles. The van der Waals surface area contributed by atoms with Crippen molar-refractivity contribution >= 4 is 10.8 Å². The molecule has 2 nitrogen and oxygen atoms in total. The van der Waals surface area contributed by atoms with Gasteiger partial charge in [-0.25, -0.2) is 0 Å². The molecule has 0 unspecified atom stereocenters. The predicted molar refractivity (Wildman–Crippen MR) is 116 cm³/mol. The predicted octanol–water partition coefficient (Wildman–Crippen LogP) is 5.39. The van der Waals surface area contributed by atoms with Crippen LogP contribution in [-0.4, -0.2) is 5.11 Å². The molecule has 4 rings (SSSR count). The first-order valence-electron chi connectivity index (χ1n) is 9.59. The van der Waals surface area contributed by atoms with Gasteiger partial charge in [-0.2, -0.15) is 0 Å². The molecule has 1 atom stereocenters. The Hall–Kier alpha value is -2.94. The molecule has 4 aromatic carbocycles. The number of aliphatic hydroxyl groups is 1. The molecule has 0 aromatic heterocycles. The molecule has 0 aliphatic rings. The third-order valence-corrected chi connectivity index (χ3v) is 5.57. The Balaban J connectivity index is 1.88. The molecule has 0 saturated carbocycles. The van der Waals surface area contributed by atoms with E-state index in [1.165, 1.54) is 0 Å². The fraction of sp³-hybridized carbons (Fsp3) is 0.154. The van der Waals surface area contributed by atoms with E-state index in [1.54, 1.807) is 0 Å². The largest absolute Gasteiger partial charge is 0.378 e. The van der Waals surface area contributed by atoms with Gasteiger partial charge in [0, 0.05) is 0 Å². The highest BCUT2D eigenvalue weighted by molar-refractivity contribution is 5.83. The summed E-state index contributed by atoms with van der Waals surface area (Å²) in [4.78, 5) is 0. The standard InChI is InChI=1S/C26H25NO/c1-18-7-13-23(14-8-18)26(28,24-15-9-19(2)10-16-24)25(27)22-12-11-20-5-3-4-6-21(20)17-22/h3-17,25,28H,27H2,1-2H3/t25-/m1/s1. The van der Waals surface area contributed by atoms with Crippen LogP contribution in [-0.2, 0) is 5.60 Å². The van der Waals surface area contributed by atoms with Crippen LogP contribution in [0.2, 0.25) is 0 Å². The van der Waals surface area contributed by atoms with E-state index < -0.39 is 11.6 Å². The van der Waals surface area contributed by atoms with Gasteiger partial charge < -0.3 is 10.8 Å². The summed E-state index contributed by atoms with van der Waals surface area (Å²) < 4.78 is 0. The second-order valence-corrected chi connectivity index (χ2v) is 7.58. The van der Waals surface area contributed by atoms with Gasteiger partial charge in [0.1, 0.15) is 5.60 Å². The first-order chi connectivity index (χ1) is 13.5. The van der Waals surface area contributed by atoms with Crippen LogP contribution in [0.5, 0.6) is 0 Å². The van der Waals surface area contributed by atoms with Crippen LogP contribution >= 0.6 is 0 Å². The van der Waals surface area contributed by atoms with Gasteiger partial charge in [0.15, 0.2) is 0 Å². The molecule has 0 spiro atoms. The van der Waals surface area contributed by atoms with Crippen molar-refractivity contribution in [1.82, 2.24) is 0 Å². The second-order valence-electron chi connectivity index (χ2n) is 7.58. The van der Waals surface area contributed by atoms with Crippen LogP contribution in [0.3, 0.4) is 0 Å². The van der Waals surface area contributed by atoms with Gasteiger partial charge >= 0.3 is 0 Å². The fourth-order valence-corrected chi connectivity index (χ4v) is 3.78. The molecular weight excluding hydrogens is 342 g/mol. The van der Waals surface area contributed by atoms with E-state index in [-0.39, 0.29) is 0 Å². The smallest absolute Gasteiger partial charge is 0.134 e. The van der Waals surface area contributed by atoms with E-state index in [2.05, 4.69) is 24.3 Å². The lowest BCUT2D eigenvalue weighted by molar-refractivity contribution is 0.0512. The topological polar surface area (TPSA) is 46.2 Å². The second kappa shape index (κ2) is 7.23. The highest BCUT2D eigenvalue weighted by Crippen LogP contribution is 2.40. The minimum Gasteiger partial charge on any atom is -0.378 e. The molecule has 0 bridgehead atoms. The fourth-order valence-electron chi connectivity index (χ4n) is 3.78. The van der Waals surface area contributed by atoms with Gasteiger partial charge in [0.2, 0.25) is 0 Å². The Bertz CT molecular complexity index is 1050. The van der Waals surface area contributed by atoms with Crippen LogP contribution < -0.4 is 5.73 Å². The van der Waals surface area contributed by atoms with Crippen LogP contribution in [0.15, 0.2) is 91.0 Å². The molecule has 0 fully saturated rings. The molecule has 2 heteroatoms. The number of hydrogen-bond donors (Lipinski definition) is 2. The van der Waals surface area contributed by atoms with Gasteiger partial charge in [0.25, 0.3) is 0 Å². The van der Waals surface area contributed by atoms with Gasteiger partial charge in [-0.05, 0) is 47.4 Å². The summed E-state index contributed by atoms with van der Waals surface area (Å²) in [5.74, 6) is 0. The molecule has 0 aliphatic heterocycles. The monoisotopic (exact) mass is 367 g/mol. The maximum absolute atomic E-state index is 12.0. The van der Waals surface area contributed by atoms with Crippen molar-refractivity contribution in [1.29, 1.82) is 0 Å². The first-order valence-corrected chi connectivity index (χ1v) is 9.59. The number of nitrogens with two attached hydrogens (primary N) is 1. The minimum atomic E-state index is -1.33. The Morgan fingerprint density at radius 1 is 0.679 bits per heavy atom. The van der Waals surface area contributed by atoms with Crippen LogP contribution in [0.1, 0.15) is 33.9 Å². The van der Waals surface area contributed by atoms with Crippen molar-refractivity contribution in [3.63, 3.8) is 0 Å². The van der Waals surface area contributed by atoms with Crippen LogP contribution in [0.4, 0.5) is 0 Å². The molecule has 0 aliphatic carbocycles. The molecule has 0 heterocycles. The van der Waals surface area contributed by atoms with E-state index in [4.69, 9.17) is 5.73 Å². The lowest BCUT2D eigenvalue weighted by Crippen LogP contribution is -2.39. The van der Waals surface area contributed by atoms with E-state index in [1.807, 2.05) is 80.6 Å². The molecule has 0 radical (unpaired) electrons. The van der Waals surface area contributed by atoms with Gasteiger partial charge in [0.05, 0.1) is 6.04 Å². The Morgan fingerprint density at radius 3 is 1.71 bits per heavy atom. The lowest BCUT2D eigenvalue weighted by atomic mass is 9.77. The van der Waals surface area contributed by atoms with Crippen LogP contribution in [0, 0.1) is 13.8 Å². The number of aryl methyl sites for hydroxylation is 2. The highest BCUT2D eigenvalue weighted by Gasteiger charge is 2.39. The third-order valence-electron chi connectivity index (χ3n) is 5.57. The van der Waals surface area contributed by atoms with Crippen molar-refractivity contribution in [3.05, 3.63) is 119 Å². The summed E-state index contributed by atoms with van der Waals surface area (Å²) in [7, 11) is 0. The summed E-state index contributed by atoms with van der Waals surface area (Å²) in [5.41, 5.74) is 10.2. The van der Waals surface area contributed by atoms with E-state index in [9.17, 15) is 5.11 Å². The minimum absolute atomic E-state index is 0.609. The van der Waals surface area contributed by atoms with Gasteiger partial charge in [-0.3, -0.25) is 0 Å². The Labute approximate surface area is 166 Å². The molecule has 140 valence electrons. The zero-order valence-electron chi connectivity index (χ0n) is 16.3. The van der Waals surface area contributed by atoms with Gasteiger partial charge in [-0.1, -0.05) is 96.1 Å². The first kappa shape index (κ1) is 18.4. The maximum Gasteiger partial charge on any atom is 0.134 e. The van der Waals surface area contributed by atoms with E-state index in [0.29, 0.717) is 0 Å². The van der Waals surface area contributed by atoms with E-state index >= 15 is 0 Å². The van der Waals surface area contributed by atoms with Crippen molar-refractivity contribution in [2.24, 2.45) is 5.73 Å². The summed E-state index contributed by atoms with van der Waals surface area (Å²) in [6.45, 7) is 4.08. The van der Waals surface area contributed by atoms with Crippen molar-refractivity contribution in [2.75, 3.05) is 0 Å². The Kier molecular flexibility index (Phi) is 4.76. The maximum atomic E-state index is 12.0. The average Bonchev–Trinajstić information content (AvgIpc) is 2.73. The molecule has 0 amide bonds. The van der Waals surface area contributed by atoms with Crippen molar-refractivity contribution in [2.45, 2.75) is 25.5 Å². The molecular formula is C26H25NO. The summed E-state index contributed by atoms with van der Waals surface area (Å²) in [5, 5.41) is 14.3. The highest BCUT2D eigenvalue weighted by atomic mass is 16.3. The molecule has 3 N–H and O–H groups in total. The Morgan fingerprint density at radius 2 is 1.18 bits per heavy atom. The quantitative estimate of drug-likeness (QED) is 0.508. The van der Waals surface area contributed by atoms with Crippen molar-refractivity contribution in [3.8, 4) is 0 Å². The zero-order valence-corrected chi connectivity index (χ0v) is 16.3. The molecule has 4 aromatic rings.